The third kappa shape index (κ3) is 3.87. The first-order chi connectivity index (χ1) is 12.3. The summed E-state index contributed by atoms with van der Waals surface area (Å²) in [5, 5.41) is 7.28. The summed E-state index contributed by atoms with van der Waals surface area (Å²) in [5.74, 6) is 2.51. The van der Waals surface area contributed by atoms with Crippen molar-refractivity contribution in [2.24, 2.45) is 0 Å². The van der Waals surface area contributed by atoms with Crippen molar-refractivity contribution in [1.82, 2.24) is 9.97 Å². The Bertz CT molecular complexity index is 725. The van der Waals surface area contributed by atoms with Gasteiger partial charge in [-0.15, -0.1) is 0 Å². The van der Waals surface area contributed by atoms with Gasteiger partial charge in [-0.05, 0) is 18.9 Å². The lowest BCUT2D eigenvalue weighted by Crippen LogP contribution is -2.36. The second kappa shape index (κ2) is 8.20. The summed E-state index contributed by atoms with van der Waals surface area (Å²) in [4.78, 5) is 23.0. The lowest BCUT2D eigenvalue weighted by atomic mass is 10.2. The predicted molar refractivity (Wildman–Crippen MR) is 103 cm³/mol. The number of anilines is 3. The summed E-state index contributed by atoms with van der Waals surface area (Å²) < 4.78 is 0. The summed E-state index contributed by atoms with van der Waals surface area (Å²) in [6.45, 7) is 5.54. The Morgan fingerprint density at radius 2 is 2.08 bits per heavy atom. The number of nitrogens with one attached hydrogen (secondary N) is 2. The molecule has 3 rings (SSSR count). The SMILES string of the molecule is CCCSc1nc(NCC)c2c(n1)N(Cc1ccccc1)C(C=O)N2. The molecule has 0 spiro atoms. The van der Waals surface area contributed by atoms with Gasteiger partial charge >= 0.3 is 0 Å². The Labute approximate surface area is 152 Å². The highest BCUT2D eigenvalue weighted by Crippen LogP contribution is 2.39. The van der Waals surface area contributed by atoms with E-state index in [1.807, 2.05) is 30.0 Å². The number of aldehydes is 1. The largest absolute Gasteiger partial charge is 0.368 e. The van der Waals surface area contributed by atoms with Crippen molar-refractivity contribution in [2.45, 2.75) is 38.1 Å². The number of rotatable bonds is 8. The quantitative estimate of drug-likeness (QED) is 0.426. The van der Waals surface area contributed by atoms with E-state index in [0.717, 1.165) is 53.0 Å². The molecule has 0 bridgehead atoms. The minimum atomic E-state index is -0.437. The summed E-state index contributed by atoms with van der Waals surface area (Å²) in [6, 6.07) is 10.1. The number of carbonyl (C=O) groups is 1. The van der Waals surface area contributed by atoms with Gasteiger partial charge in [0.25, 0.3) is 0 Å². The Hall–Kier alpha value is -2.28. The second-order valence-electron chi connectivity index (χ2n) is 5.77. The molecule has 1 aromatic heterocycles. The minimum Gasteiger partial charge on any atom is -0.368 e. The van der Waals surface area contributed by atoms with E-state index >= 15 is 0 Å². The molecule has 1 unspecified atom stereocenters. The minimum absolute atomic E-state index is 0.437. The fraction of sp³-hybridized carbons (Fsp3) is 0.389. The lowest BCUT2D eigenvalue weighted by Gasteiger charge is -2.22. The highest BCUT2D eigenvalue weighted by Gasteiger charge is 2.33. The maximum Gasteiger partial charge on any atom is 0.191 e. The molecule has 0 radical (unpaired) electrons. The first kappa shape index (κ1) is 17.5. The van der Waals surface area contributed by atoms with E-state index < -0.39 is 6.17 Å². The van der Waals surface area contributed by atoms with E-state index in [-0.39, 0.29) is 0 Å². The lowest BCUT2D eigenvalue weighted by molar-refractivity contribution is -0.108. The smallest absolute Gasteiger partial charge is 0.191 e. The van der Waals surface area contributed by atoms with Crippen molar-refractivity contribution in [3.63, 3.8) is 0 Å². The molecule has 7 heteroatoms. The number of nitrogens with zero attached hydrogens (tertiary/aromatic N) is 3. The van der Waals surface area contributed by atoms with Crippen LogP contribution < -0.4 is 15.5 Å². The van der Waals surface area contributed by atoms with Crippen LogP contribution in [0, 0.1) is 0 Å². The average Bonchev–Trinajstić information content (AvgIpc) is 2.99. The maximum atomic E-state index is 11.6. The molecule has 0 saturated heterocycles. The van der Waals surface area contributed by atoms with Gasteiger partial charge < -0.3 is 15.5 Å². The number of carbonyl (C=O) groups excluding carboxylic acids is 1. The van der Waals surface area contributed by atoms with Crippen LogP contribution in [0.25, 0.3) is 0 Å². The van der Waals surface area contributed by atoms with Crippen LogP contribution >= 0.6 is 11.8 Å². The van der Waals surface area contributed by atoms with E-state index in [1.165, 1.54) is 0 Å². The monoisotopic (exact) mass is 357 g/mol. The van der Waals surface area contributed by atoms with Crippen molar-refractivity contribution in [2.75, 3.05) is 27.8 Å². The van der Waals surface area contributed by atoms with E-state index in [9.17, 15) is 4.79 Å². The van der Waals surface area contributed by atoms with E-state index in [0.29, 0.717) is 6.54 Å². The number of benzene rings is 1. The fourth-order valence-electron chi connectivity index (χ4n) is 2.74. The van der Waals surface area contributed by atoms with Crippen LogP contribution in [0.1, 0.15) is 25.8 Å². The van der Waals surface area contributed by atoms with Crippen molar-refractivity contribution in [1.29, 1.82) is 0 Å². The molecule has 2 N–H and O–H groups in total. The van der Waals surface area contributed by atoms with Crippen LogP contribution in [-0.4, -0.2) is 34.7 Å². The van der Waals surface area contributed by atoms with Crippen LogP contribution in [0.5, 0.6) is 0 Å². The third-order valence-corrected chi connectivity index (χ3v) is 4.93. The van der Waals surface area contributed by atoms with Crippen LogP contribution in [-0.2, 0) is 11.3 Å². The van der Waals surface area contributed by atoms with Crippen molar-refractivity contribution >= 4 is 35.4 Å². The van der Waals surface area contributed by atoms with Crippen molar-refractivity contribution in [3.8, 4) is 0 Å². The molecule has 0 saturated carbocycles. The van der Waals surface area contributed by atoms with Crippen LogP contribution in [0.15, 0.2) is 35.5 Å². The molecule has 1 aliphatic rings. The standard InChI is InChI=1S/C18H23N5OS/c1-3-10-25-18-21-16(19-4-2)15-17(22-18)23(14(12-24)20-15)11-13-8-6-5-7-9-13/h5-9,12,14,20H,3-4,10-11H2,1-2H3,(H,19,21,22). The summed E-state index contributed by atoms with van der Waals surface area (Å²) in [5.41, 5.74) is 1.94. The van der Waals surface area contributed by atoms with Gasteiger partial charge in [0.2, 0.25) is 0 Å². The van der Waals surface area contributed by atoms with Gasteiger partial charge in [-0.2, -0.15) is 0 Å². The third-order valence-electron chi connectivity index (χ3n) is 3.87. The summed E-state index contributed by atoms with van der Waals surface area (Å²) in [7, 11) is 0. The molecule has 1 atom stereocenters. The molecule has 2 aromatic rings. The van der Waals surface area contributed by atoms with Crippen LogP contribution in [0.4, 0.5) is 17.3 Å². The van der Waals surface area contributed by atoms with Gasteiger partial charge in [0, 0.05) is 18.8 Å². The number of hydrogen-bond acceptors (Lipinski definition) is 7. The zero-order valence-corrected chi connectivity index (χ0v) is 15.3. The molecule has 0 amide bonds. The zero-order valence-electron chi connectivity index (χ0n) is 14.5. The predicted octanol–water partition coefficient (Wildman–Crippen LogP) is 3.37. The van der Waals surface area contributed by atoms with E-state index in [1.54, 1.807) is 11.8 Å². The van der Waals surface area contributed by atoms with Gasteiger partial charge in [-0.1, -0.05) is 49.0 Å². The van der Waals surface area contributed by atoms with Crippen molar-refractivity contribution < 1.29 is 4.79 Å². The van der Waals surface area contributed by atoms with Gasteiger partial charge in [0.15, 0.2) is 29.2 Å². The van der Waals surface area contributed by atoms with Crippen LogP contribution in [0.3, 0.4) is 0 Å². The molecule has 1 aromatic carbocycles. The van der Waals surface area contributed by atoms with Gasteiger partial charge in [-0.3, -0.25) is 4.79 Å². The molecule has 132 valence electrons. The molecular formula is C18H23N5OS. The Morgan fingerprint density at radius 1 is 1.28 bits per heavy atom. The molecule has 0 fully saturated rings. The van der Waals surface area contributed by atoms with E-state index in [2.05, 4.69) is 34.7 Å². The first-order valence-electron chi connectivity index (χ1n) is 8.57. The highest BCUT2D eigenvalue weighted by molar-refractivity contribution is 7.99. The number of thioether (sulfide) groups is 1. The van der Waals surface area contributed by atoms with Crippen molar-refractivity contribution in [3.05, 3.63) is 35.9 Å². The fourth-order valence-corrected chi connectivity index (χ4v) is 3.43. The summed E-state index contributed by atoms with van der Waals surface area (Å²) in [6.07, 6.45) is 1.54. The number of hydrogen-bond donors (Lipinski definition) is 2. The van der Waals surface area contributed by atoms with Gasteiger partial charge in [0.1, 0.15) is 5.69 Å². The Kier molecular flexibility index (Phi) is 5.75. The highest BCUT2D eigenvalue weighted by atomic mass is 32.2. The number of aromatic nitrogens is 2. The first-order valence-corrected chi connectivity index (χ1v) is 9.56. The summed E-state index contributed by atoms with van der Waals surface area (Å²) >= 11 is 1.64. The Balaban J connectivity index is 1.97. The molecule has 2 heterocycles. The molecular weight excluding hydrogens is 334 g/mol. The topological polar surface area (TPSA) is 70.2 Å². The maximum absolute atomic E-state index is 11.6. The van der Waals surface area contributed by atoms with Gasteiger partial charge in [0.05, 0.1) is 0 Å². The second-order valence-corrected chi connectivity index (χ2v) is 6.83. The Morgan fingerprint density at radius 3 is 2.76 bits per heavy atom. The molecule has 25 heavy (non-hydrogen) atoms. The molecule has 1 aliphatic heterocycles. The molecule has 6 nitrogen and oxygen atoms in total. The van der Waals surface area contributed by atoms with Gasteiger partial charge in [-0.25, -0.2) is 9.97 Å². The van der Waals surface area contributed by atoms with E-state index in [4.69, 9.17) is 4.98 Å². The number of fused-ring (bicyclic) bond motifs is 1. The average molecular weight is 357 g/mol. The van der Waals surface area contributed by atoms with Crippen LogP contribution in [0.2, 0.25) is 0 Å². The normalized spacial score (nSPS) is 15.6. The molecule has 0 aliphatic carbocycles. The zero-order chi connectivity index (χ0) is 17.6.